The molecule has 0 aliphatic rings. The van der Waals surface area contributed by atoms with Crippen molar-refractivity contribution in [1.29, 1.82) is 0 Å². The Hall–Kier alpha value is -1.68. The molecule has 0 radical (unpaired) electrons. The summed E-state index contributed by atoms with van der Waals surface area (Å²) in [5.41, 5.74) is 0.370. The first-order valence-electron chi connectivity index (χ1n) is 4.08. The molecular weight excluding hydrogens is 184 g/mol. The Labute approximate surface area is 80.8 Å². The van der Waals surface area contributed by atoms with Gasteiger partial charge in [0, 0.05) is 5.56 Å². The van der Waals surface area contributed by atoms with Crippen molar-refractivity contribution in [3.63, 3.8) is 0 Å². The van der Waals surface area contributed by atoms with Gasteiger partial charge in [0.1, 0.15) is 0 Å². The van der Waals surface area contributed by atoms with Crippen LogP contribution in [0.15, 0.2) is 24.3 Å². The molecule has 0 fully saturated rings. The Balaban J connectivity index is 3.20. The number of benzene rings is 1. The van der Waals surface area contributed by atoms with E-state index in [1.807, 2.05) is 0 Å². The van der Waals surface area contributed by atoms with E-state index in [-0.39, 0.29) is 5.56 Å². The number of carboxylic acid groups (broad SMARTS) is 1. The number of aliphatic hydroxyl groups is 1. The fourth-order valence-corrected chi connectivity index (χ4v) is 1.18. The summed E-state index contributed by atoms with van der Waals surface area (Å²) >= 11 is 0. The van der Waals surface area contributed by atoms with Gasteiger partial charge in [0.2, 0.25) is 0 Å². The highest BCUT2D eigenvalue weighted by Crippen LogP contribution is 2.17. The minimum Gasteiger partial charge on any atom is -0.475 e. The highest BCUT2D eigenvalue weighted by Gasteiger charge is 2.19. The number of carboxylic acids is 1. The number of carbonyl (C=O) groups excluding carboxylic acids is 1. The van der Waals surface area contributed by atoms with Crippen molar-refractivity contribution in [2.45, 2.75) is 13.0 Å². The van der Waals surface area contributed by atoms with E-state index >= 15 is 0 Å². The Morgan fingerprint density at radius 2 is 1.86 bits per heavy atom. The molecule has 0 aromatic heterocycles. The van der Waals surface area contributed by atoms with E-state index in [1.165, 1.54) is 19.1 Å². The predicted octanol–water partition coefficient (Wildman–Crippen LogP) is 1.01. The van der Waals surface area contributed by atoms with Crippen LogP contribution in [0.3, 0.4) is 0 Å². The molecule has 2 N–H and O–H groups in total. The maximum atomic E-state index is 11.2. The monoisotopic (exact) mass is 194 g/mol. The average molecular weight is 194 g/mol. The lowest BCUT2D eigenvalue weighted by atomic mass is 10.00. The van der Waals surface area contributed by atoms with Gasteiger partial charge in [-0.3, -0.25) is 4.79 Å². The van der Waals surface area contributed by atoms with Gasteiger partial charge in [0.05, 0.1) is 6.10 Å². The highest BCUT2D eigenvalue weighted by atomic mass is 16.4. The van der Waals surface area contributed by atoms with Crippen LogP contribution in [0.1, 0.15) is 28.9 Å². The van der Waals surface area contributed by atoms with Crippen LogP contribution in [0.2, 0.25) is 0 Å². The molecule has 1 aromatic carbocycles. The van der Waals surface area contributed by atoms with Crippen molar-refractivity contribution < 1.29 is 19.8 Å². The number of hydrogen-bond acceptors (Lipinski definition) is 3. The van der Waals surface area contributed by atoms with E-state index in [1.54, 1.807) is 12.1 Å². The van der Waals surface area contributed by atoms with Crippen LogP contribution in [0.5, 0.6) is 0 Å². The zero-order chi connectivity index (χ0) is 10.7. The molecule has 14 heavy (non-hydrogen) atoms. The van der Waals surface area contributed by atoms with Gasteiger partial charge >= 0.3 is 5.97 Å². The first-order valence-corrected chi connectivity index (χ1v) is 4.08. The smallest absolute Gasteiger partial charge is 0.377 e. The third-order valence-electron chi connectivity index (χ3n) is 1.85. The SMILES string of the molecule is CC(O)c1ccccc1C(=O)C(=O)O. The molecule has 0 spiro atoms. The van der Waals surface area contributed by atoms with Gasteiger partial charge in [0.25, 0.3) is 5.78 Å². The lowest BCUT2D eigenvalue weighted by molar-refractivity contribution is -0.131. The number of aliphatic hydroxyl groups excluding tert-OH is 1. The maximum absolute atomic E-state index is 11.2. The highest BCUT2D eigenvalue weighted by molar-refractivity contribution is 6.40. The molecule has 0 saturated carbocycles. The molecular formula is C10H10O4. The van der Waals surface area contributed by atoms with Crippen molar-refractivity contribution in [3.8, 4) is 0 Å². The second kappa shape index (κ2) is 4.02. The first-order chi connectivity index (χ1) is 6.54. The summed E-state index contributed by atoms with van der Waals surface area (Å²) in [6, 6.07) is 6.11. The molecule has 1 aromatic rings. The van der Waals surface area contributed by atoms with Crippen molar-refractivity contribution in [2.24, 2.45) is 0 Å². The Morgan fingerprint density at radius 1 is 1.29 bits per heavy atom. The van der Waals surface area contributed by atoms with Crippen LogP contribution in [0.4, 0.5) is 0 Å². The molecule has 0 saturated heterocycles. The van der Waals surface area contributed by atoms with Crippen molar-refractivity contribution in [3.05, 3.63) is 35.4 Å². The fourth-order valence-electron chi connectivity index (χ4n) is 1.18. The largest absolute Gasteiger partial charge is 0.475 e. The maximum Gasteiger partial charge on any atom is 0.377 e. The lowest BCUT2D eigenvalue weighted by Gasteiger charge is -2.08. The summed E-state index contributed by atoms with van der Waals surface area (Å²) in [7, 11) is 0. The summed E-state index contributed by atoms with van der Waals surface area (Å²) in [5.74, 6) is -2.51. The van der Waals surface area contributed by atoms with Crippen LogP contribution in [0.25, 0.3) is 0 Å². The first kappa shape index (κ1) is 10.4. The van der Waals surface area contributed by atoms with Gasteiger partial charge in [-0.1, -0.05) is 24.3 Å². The predicted molar refractivity (Wildman–Crippen MR) is 49.0 cm³/mol. The van der Waals surface area contributed by atoms with E-state index in [0.717, 1.165) is 0 Å². The van der Waals surface area contributed by atoms with Gasteiger partial charge in [-0.2, -0.15) is 0 Å². The zero-order valence-electron chi connectivity index (χ0n) is 7.60. The summed E-state index contributed by atoms with van der Waals surface area (Å²) in [6.45, 7) is 1.48. The van der Waals surface area contributed by atoms with E-state index < -0.39 is 17.9 Å². The van der Waals surface area contributed by atoms with Gasteiger partial charge in [-0.15, -0.1) is 0 Å². The summed E-state index contributed by atoms with van der Waals surface area (Å²) in [4.78, 5) is 21.6. The van der Waals surface area contributed by atoms with Gasteiger partial charge < -0.3 is 10.2 Å². The summed E-state index contributed by atoms with van der Waals surface area (Å²) < 4.78 is 0. The fraction of sp³-hybridized carbons (Fsp3) is 0.200. The van der Waals surface area contributed by atoms with Gasteiger partial charge in [0.15, 0.2) is 0 Å². The molecule has 0 heterocycles. The molecule has 74 valence electrons. The lowest BCUT2D eigenvalue weighted by Crippen LogP contribution is -2.15. The molecule has 0 aliphatic heterocycles. The van der Waals surface area contributed by atoms with Crippen LogP contribution < -0.4 is 0 Å². The third-order valence-corrected chi connectivity index (χ3v) is 1.85. The second-order valence-electron chi connectivity index (χ2n) is 2.90. The van der Waals surface area contributed by atoms with Gasteiger partial charge in [-0.05, 0) is 12.5 Å². The zero-order valence-corrected chi connectivity index (χ0v) is 7.60. The molecule has 0 bridgehead atoms. The van der Waals surface area contributed by atoms with Crippen molar-refractivity contribution in [2.75, 3.05) is 0 Å². The van der Waals surface area contributed by atoms with E-state index in [9.17, 15) is 14.7 Å². The molecule has 1 atom stereocenters. The average Bonchev–Trinajstić information content (AvgIpc) is 2.16. The molecule has 0 amide bonds. The Bertz CT molecular complexity index is 368. The second-order valence-corrected chi connectivity index (χ2v) is 2.90. The number of Topliss-reactive ketones (excluding diaryl/α,β-unsaturated/α-hetero) is 1. The molecule has 1 rings (SSSR count). The molecule has 4 nitrogen and oxygen atoms in total. The van der Waals surface area contributed by atoms with Crippen LogP contribution >= 0.6 is 0 Å². The minimum atomic E-state index is -1.52. The number of aliphatic carboxylic acids is 1. The Morgan fingerprint density at radius 3 is 2.36 bits per heavy atom. The normalized spacial score (nSPS) is 12.1. The Kier molecular flexibility index (Phi) is 2.99. The topological polar surface area (TPSA) is 74.6 Å². The quantitative estimate of drug-likeness (QED) is 0.556. The van der Waals surface area contributed by atoms with Crippen molar-refractivity contribution in [1.82, 2.24) is 0 Å². The number of ketones is 1. The van der Waals surface area contributed by atoms with E-state index in [4.69, 9.17) is 5.11 Å². The van der Waals surface area contributed by atoms with Gasteiger partial charge in [-0.25, -0.2) is 4.79 Å². The van der Waals surface area contributed by atoms with Crippen LogP contribution in [-0.4, -0.2) is 22.0 Å². The summed E-state index contributed by atoms with van der Waals surface area (Å²) in [5, 5.41) is 17.8. The van der Waals surface area contributed by atoms with Crippen LogP contribution in [0, 0.1) is 0 Å². The molecule has 1 unspecified atom stereocenters. The molecule has 0 aliphatic carbocycles. The van der Waals surface area contributed by atoms with E-state index in [2.05, 4.69) is 0 Å². The van der Waals surface area contributed by atoms with Crippen molar-refractivity contribution >= 4 is 11.8 Å². The molecule has 4 heteroatoms. The van der Waals surface area contributed by atoms with E-state index in [0.29, 0.717) is 5.56 Å². The van der Waals surface area contributed by atoms with Crippen LogP contribution in [-0.2, 0) is 4.79 Å². The third kappa shape index (κ3) is 1.97. The number of hydrogen-bond donors (Lipinski definition) is 2. The standard InChI is InChI=1S/C10H10O4/c1-6(11)7-4-2-3-5-8(7)9(12)10(13)14/h2-6,11H,1H3,(H,13,14). The summed E-state index contributed by atoms with van der Waals surface area (Å²) in [6.07, 6.45) is -0.852. The minimum absolute atomic E-state index is 0.0370. The number of rotatable bonds is 3. The number of carbonyl (C=O) groups is 2.